The predicted molar refractivity (Wildman–Crippen MR) is 71.6 cm³/mol. The monoisotopic (exact) mass is 247 g/mol. The van der Waals surface area contributed by atoms with Crippen LogP contribution in [0.1, 0.15) is 51.6 Å². The summed E-state index contributed by atoms with van der Waals surface area (Å²) in [4.78, 5) is 11.4. The third-order valence-corrected chi connectivity index (χ3v) is 3.86. The van der Waals surface area contributed by atoms with E-state index < -0.39 is 0 Å². The van der Waals surface area contributed by atoms with Gasteiger partial charge in [-0.05, 0) is 18.9 Å². The van der Waals surface area contributed by atoms with Gasteiger partial charge < -0.3 is 10.1 Å². The third-order valence-electron chi connectivity index (χ3n) is 3.86. The molecule has 18 heavy (non-hydrogen) atoms. The van der Waals surface area contributed by atoms with Crippen LogP contribution < -0.4 is 10.1 Å². The molecule has 1 aromatic rings. The predicted octanol–water partition coefficient (Wildman–Crippen LogP) is 3.21. The standard InChI is InChI=1S/C15H21NO2/c1-4-15(5-2)10-13(16-11(3)17)12-8-6-7-9-14(12)18-15/h6-9,13H,4-5,10H2,1-3H3,(H,16,17). The van der Waals surface area contributed by atoms with Gasteiger partial charge >= 0.3 is 0 Å². The molecular formula is C15H21NO2. The Morgan fingerprint density at radius 2 is 2.06 bits per heavy atom. The molecule has 0 aromatic heterocycles. The topological polar surface area (TPSA) is 38.3 Å². The first-order valence-corrected chi connectivity index (χ1v) is 6.65. The molecule has 1 N–H and O–H groups in total. The molecule has 0 aliphatic carbocycles. The second-order valence-electron chi connectivity index (χ2n) is 4.99. The quantitative estimate of drug-likeness (QED) is 0.890. The second-order valence-corrected chi connectivity index (χ2v) is 4.99. The molecule has 1 atom stereocenters. The molecule has 0 saturated carbocycles. The third kappa shape index (κ3) is 2.35. The first kappa shape index (κ1) is 12.9. The van der Waals surface area contributed by atoms with E-state index in [1.165, 1.54) is 0 Å². The van der Waals surface area contributed by atoms with Crippen molar-refractivity contribution >= 4 is 5.91 Å². The summed E-state index contributed by atoms with van der Waals surface area (Å²) in [6, 6.07) is 8.05. The highest BCUT2D eigenvalue weighted by molar-refractivity contribution is 5.73. The maximum absolute atomic E-state index is 11.4. The number of ether oxygens (including phenoxy) is 1. The maximum atomic E-state index is 11.4. The fraction of sp³-hybridized carbons (Fsp3) is 0.533. The minimum Gasteiger partial charge on any atom is -0.487 e. The number of carbonyl (C=O) groups is 1. The molecule has 0 spiro atoms. The van der Waals surface area contributed by atoms with Gasteiger partial charge in [-0.2, -0.15) is 0 Å². The number of rotatable bonds is 3. The van der Waals surface area contributed by atoms with E-state index in [1.54, 1.807) is 6.92 Å². The molecule has 1 heterocycles. The van der Waals surface area contributed by atoms with Crippen LogP contribution in [0, 0.1) is 0 Å². The molecule has 0 fully saturated rings. The Hall–Kier alpha value is -1.51. The van der Waals surface area contributed by atoms with Gasteiger partial charge in [0, 0.05) is 18.9 Å². The number of hydrogen-bond acceptors (Lipinski definition) is 2. The second kappa shape index (κ2) is 5.01. The van der Waals surface area contributed by atoms with E-state index in [4.69, 9.17) is 4.74 Å². The lowest BCUT2D eigenvalue weighted by molar-refractivity contribution is -0.120. The molecule has 0 radical (unpaired) electrons. The van der Waals surface area contributed by atoms with Crippen LogP contribution >= 0.6 is 0 Å². The number of para-hydroxylation sites is 1. The zero-order valence-corrected chi connectivity index (χ0v) is 11.3. The SMILES string of the molecule is CCC1(CC)CC(NC(C)=O)c2ccccc2O1. The molecule has 1 aromatic carbocycles. The van der Waals surface area contributed by atoms with Gasteiger partial charge in [0.1, 0.15) is 11.4 Å². The number of hydrogen-bond donors (Lipinski definition) is 1. The van der Waals surface area contributed by atoms with Gasteiger partial charge in [0.05, 0.1) is 6.04 Å². The minimum atomic E-state index is -0.151. The van der Waals surface area contributed by atoms with Crippen molar-refractivity contribution in [3.05, 3.63) is 29.8 Å². The highest BCUT2D eigenvalue weighted by Crippen LogP contribution is 2.42. The van der Waals surface area contributed by atoms with Gasteiger partial charge in [0.25, 0.3) is 0 Å². The van der Waals surface area contributed by atoms with Crippen LogP contribution in [0.15, 0.2) is 24.3 Å². The van der Waals surface area contributed by atoms with Crippen LogP contribution in [-0.2, 0) is 4.79 Å². The van der Waals surface area contributed by atoms with Gasteiger partial charge in [0.15, 0.2) is 0 Å². The number of amides is 1. The van der Waals surface area contributed by atoms with E-state index in [2.05, 4.69) is 19.2 Å². The molecule has 2 rings (SSSR count). The summed E-state index contributed by atoms with van der Waals surface area (Å²) in [5.41, 5.74) is 0.937. The van der Waals surface area contributed by atoms with E-state index in [0.717, 1.165) is 30.6 Å². The lowest BCUT2D eigenvalue weighted by Crippen LogP contribution is -2.44. The summed E-state index contributed by atoms with van der Waals surface area (Å²) in [6.45, 7) is 5.85. The molecule has 3 nitrogen and oxygen atoms in total. The summed E-state index contributed by atoms with van der Waals surface area (Å²) in [7, 11) is 0. The smallest absolute Gasteiger partial charge is 0.217 e. The summed E-state index contributed by atoms with van der Waals surface area (Å²) < 4.78 is 6.18. The Bertz CT molecular complexity index is 438. The molecule has 1 amide bonds. The zero-order valence-electron chi connectivity index (χ0n) is 11.3. The Kier molecular flexibility index (Phi) is 3.60. The number of nitrogens with one attached hydrogen (secondary N) is 1. The van der Waals surface area contributed by atoms with E-state index in [1.807, 2.05) is 24.3 Å². The summed E-state index contributed by atoms with van der Waals surface area (Å²) >= 11 is 0. The highest BCUT2D eigenvalue weighted by atomic mass is 16.5. The van der Waals surface area contributed by atoms with Crippen molar-refractivity contribution in [2.24, 2.45) is 0 Å². The fourth-order valence-electron chi connectivity index (χ4n) is 2.68. The first-order chi connectivity index (χ1) is 8.60. The molecule has 1 aliphatic rings. The van der Waals surface area contributed by atoms with Crippen molar-refractivity contribution in [3.63, 3.8) is 0 Å². The molecule has 3 heteroatoms. The molecule has 98 valence electrons. The summed E-state index contributed by atoms with van der Waals surface area (Å²) in [6.07, 6.45) is 2.75. The highest BCUT2D eigenvalue weighted by Gasteiger charge is 2.38. The van der Waals surface area contributed by atoms with E-state index in [-0.39, 0.29) is 17.6 Å². The van der Waals surface area contributed by atoms with Gasteiger partial charge in [-0.15, -0.1) is 0 Å². The molecule has 0 bridgehead atoms. The largest absolute Gasteiger partial charge is 0.487 e. The van der Waals surface area contributed by atoms with Crippen LogP contribution in [0.4, 0.5) is 0 Å². The van der Waals surface area contributed by atoms with Crippen molar-refractivity contribution in [3.8, 4) is 5.75 Å². The fourth-order valence-corrected chi connectivity index (χ4v) is 2.68. The van der Waals surface area contributed by atoms with Crippen molar-refractivity contribution in [1.29, 1.82) is 0 Å². The minimum absolute atomic E-state index is 0.0119. The zero-order chi connectivity index (χ0) is 13.2. The van der Waals surface area contributed by atoms with Crippen LogP contribution in [0.5, 0.6) is 5.75 Å². The Morgan fingerprint density at radius 3 is 2.67 bits per heavy atom. The average molecular weight is 247 g/mol. The van der Waals surface area contributed by atoms with Crippen molar-refractivity contribution in [1.82, 2.24) is 5.32 Å². The number of fused-ring (bicyclic) bond motifs is 1. The van der Waals surface area contributed by atoms with Gasteiger partial charge in [-0.3, -0.25) is 4.79 Å². The summed E-state index contributed by atoms with van der Waals surface area (Å²) in [5, 5.41) is 3.04. The average Bonchev–Trinajstić information content (AvgIpc) is 2.38. The van der Waals surface area contributed by atoms with Gasteiger partial charge in [-0.1, -0.05) is 32.0 Å². The van der Waals surface area contributed by atoms with E-state index >= 15 is 0 Å². The number of benzene rings is 1. The lowest BCUT2D eigenvalue weighted by atomic mass is 9.83. The van der Waals surface area contributed by atoms with Crippen molar-refractivity contribution in [2.75, 3.05) is 0 Å². The van der Waals surface area contributed by atoms with E-state index in [9.17, 15) is 4.79 Å². The maximum Gasteiger partial charge on any atom is 0.217 e. The van der Waals surface area contributed by atoms with Crippen LogP contribution in [0.2, 0.25) is 0 Å². The molecule has 1 aliphatic heterocycles. The lowest BCUT2D eigenvalue weighted by Gasteiger charge is -2.41. The summed E-state index contributed by atoms with van der Waals surface area (Å²) in [5.74, 6) is 0.920. The molecule has 0 saturated heterocycles. The normalized spacial score (nSPS) is 20.7. The number of carbonyl (C=O) groups excluding carboxylic acids is 1. The van der Waals surface area contributed by atoms with Crippen molar-refractivity contribution in [2.45, 2.75) is 51.7 Å². The van der Waals surface area contributed by atoms with Crippen LogP contribution in [0.3, 0.4) is 0 Å². The Labute approximate surface area is 109 Å². The van der Waals surface area contributed by atoms with Crippen molar-refractivity contribution < 1.29 is 9.53 Å². The Balaban J connectivity index is 2.37. The van der Waals surface area contributed by atoms with Crippen LogP contribution in [-0.4, -0.2) is 11.5 Å². The molecule has 1 unspecified atom stereocenters. The van der Waals surface area contributed by atoms with Gasteiger partial charge in [0.2, 0.25) is 5.91 Å². The first-order valence-electron chi connectivity index (χ1n) is 6.65. The van der Waals surface area contributed by atoms with Gasteiger partial charge in [-0.25, -0.2) is 0 Å². The Morgan fingerprint density at radius 1 is 1.39 bits per heavy atom. The van der Waals surface area contributed by atoms with E-state index in [0.29, 0.717) is 0 Å². The molecular weight excluding hydrogens is 226 g/mol. The van der Waals surface area contributed by atoms with Crippen LogP contribution in [0.25, 0.3) is 0 Å².